The van der Waals surface area contributed by atoms with E-state index in [1.165, 1.54) is 30.4 Å². The molecule has 8 rings (SSSR count). The molecule has 14 heteroatoms. The van der Waals surface area contributed by atoms with Crippen molar-refractivity contribution in [1.29, 1.82) is 0 Å². The van der Waals surface area contributed by atoms with Crippen molar-refractivity contribution in [2.75, 3.05) is 79.2 Å². The van der Waals surface area contributed by atoms with Crippen LogP contribution in [0.3, 0.4) is 0 Å². The first-order valence-corrected chi connectivity index (χ1v) is 24.0. The van der Waals surface area contributed by atoms with E-state index in [1.54, 1.807) is 18.2 Å². The molecule has 0 unspecified atom stereocenters. The fourth-order valence-corrected chi connectivity index (χ4v) is 8.59. The van der Waals surface area contributed by atoms with Gasteiger partial charge in [-0.1, -0.05) is 71.9 Å². The number of ether oxygens (including phenoxy) is 6. The maximum absolute atomic E-state index is 14.7. The lowest BCUT2D eigenvalue weighted by atomic mass is 9.79. The largest absolute Gasteiger partial charge is 0.491 e. The van der Waals surface area contributed by atoms with Crippen LogP contribution in [0.5, 0.6) is 11.5 Å². The fraction of sp³-hybridized carbons (Fsp3) is 0.429. The summed E-state index contributed by atoms with van der Waals surface area (Å²) in [5.74, 6) is -0.957. The lowest BCUT2D eigenvalue weighted by molar-refractivity contribution is -0.115. The molecule has 3 aromatic carbocycles. The summed E-state index contributed by atoms with van der Waals surface area (Å²) in [7, 11) is 0. The Labute approximate surface area is 409 Å². The van der Waals surface area contributed by atoms with Crippen molar-refractivity contribution in [2.45, 2.75) is 78.1 Å². The third-order valence-electron chi connectivity index (χ3n) is 12.3. The van der Waals surface area contributed by atoms with Crippen molar-refractivity contribution in [3.8, 4) is 11.5 Å². The summed E-state index contributed by atoms with van der Waals surface area (Å²) in [6.07, 6.45) is 5.80. The van der Waals surface area contributed by atoms with Gasteiger partial charge in [0, 0.05) is 72.2 Å². The van der Waals surface area contributed by atoms with E-state index in [0.717, 1.165) is 11.1 Å². The number of rotatable bonds is 0. The number of nitrogens with one attached hydrogen (secondary N) is 2. The van der Waals surface area contributed by atoms with Gasteiger partial charge in [-0.15, -0.1) is 0 Å². The predicted molar refractivity (Wildman–Crippen MR) is 263 cm³/mol. The van der Waals surface area contributed by atoms with Crippen LogP contribution in [0, 0.1) is 0 Å². The molecule has 0 spiro atoms. The molecule has 370 valence electrons. The molecule has 2 N–H and O–H groups in total. The molecular formula is C56H64N2O12. The van der Waals surface area contributed by atoms with E-state index in [1.807, 2.05) is 24.3 Å². The number of Topliss-reactive ketones (excluding diaryl/α,β-unsaturated/α-hetero) is 2. The molecule has 0 atom stereocenters. The fourth-order valence-electron chi connectivity index (χ4n) is 8.59. The molecule has 5 aliphatic rings. The average molecular weight is 957 g/mol. The Balaban J connectivity index is 1.23. The first-order valence-electron chi connectivity index (χ1n) is 24.0. The second-order valence-corrected chi connectivity index (χ2v) is 19.8. The minimum atomic E-state index is -0.370. The Morgan fingerprint density at radius 3 is 1.06 bits per heavy atom. The zero-order valence-electron chi connectivity index (χ0n) is 41.1. The van der Waals surface area contributed by atoms with Gasteiger partial charge in [0.2, 0.25) is 0 Å². The minimum Gasteiger partial charge on any atom is -0.491 e. The summed E-state index contributed by atoms with van der Waals surface area (Å²) >= 11 is 0. The van der Waals surface area contributed by atoms with Gasteiger partial charge in [-0.2, -0.15) is 0 Å². The van der Waals surface area contributed by atoms with Crippen LogP contribution in [0.4, 0.5) is 0 Å². The number of amides is 2. The van der Waals surface area contributed by atoms with Gasteiger partial charge >= 0.3 is 0 Å². The summed E-state index contributed by atoms with van der Waals surface area (Å²) < 4.78 is 36.2. The van der Waals surface area contributed by atoms with E-state index in [9.17, 15) is 28.8 Å². The molecule has 2 heterocycles. The molecule has 0 radical (unpaired) electrons. The molecule has 3 aromatic rings. The number of hydrogen-bond acceptors (Lipinski definition) is 12. The Kier molecular flexibility index (Phi) is 17.0. The Morgan fingerprint density at radius 1 is 0.414 bits per heavy atom. The van der Waals surface area contributed by atoms with Gasteiger partial charge in [0.1, 0.15) is 24.7 Å². The Hall–Kier alpha value is -6.32. The zero-order chi connectivity index (χ0) is 50.0. The van der Waals surface area contributed by atoms with E-state index >= 15 is 0 Å². The molecule has 2 aliphatic heterocycles. The quantitative estimate of drug-likeness (QED) is 0.194. The molecule has 70 heavy (non-hydrogen) atoms. The number of allylic oxidation sites excluding steroid dienone is 8. The number of ketones is 4. The van der Waals surface area contributed by atoms with Gasteiger partial charge in [-0.05, 0) is 86.7 Å². The molecule has 0 saturated carbocycles. The van der Waals surface area contributed by atoms with E-state index in [-0.39, 0.29) is 151 Å². The highest BCUT2D eigenvalue weighted by atomic mass is 16.5. The summed E-state index contributed by atoms with van der Waals surface area (Å²) in [6.45, 7) is 14.8. The molecule has 3 aliphatic carbocycles. The van der Waals surface area contributed by atoms with Crippen LogP contribution in [0.1, 0.15) is 95.6 Å². The van der Waals surface area contributed by atoms with Gasteiger partial charge < -0.3 is 39.1 Å². The number of hydrogen-bond donors (Lipinski definition) is 2. The first-order chi connectivity index (χ1) is 33.4. The highest BCUT2D eigenvalue weighted by Crippen LogP contribution is 2.40. The van der Waals surface area contributed by atoms with Crippen molar-refractivity contribution >= 4 is 34.9 Å². The normalized spacial score (nSPS) is 19.1. The maximum atomic E-state index is 14.7. The number of fused-ring (bicyclic) bond motifs is 20. The van der Waals surface area contributed by atoms with Gasteiger partial charge in [-0.25, -0.2) is 0 Å². The van der Waals surface area contributed by atoms with Crippen LogP contribution in [0.15, 0.2) is 95.1 Å². The summed E-state index contributed by atoms with van der Waals surface area (Å²) in [5, 5.41) is 5.61. The zero-order valence-corrected chi connectivity index (χ0v) is 41.1. The number of carbonyl (C=O) groups is 6. The Bertz CT molecular complexity index is 2380. The van der Waals surface area contributed by atoms with Gasteiger partial charge in [0.25, 0.3) is 11.8 Å². The van der Waals surface area contributed by atoms with Gasteiger partial charge in [0.15, 0.2) is 23.1 Å². The van der Waals surface area contributed by atoms with E-state index in [2.05, 4.69) is 52.2 Å². The third-order valence-corrected chi connectivity index (χ3v) is 12.3. The van der Waals surface area contributed by atoms with Crippen LogP contribution >= 0.6 is 0 Å². The monoisotopic (exact) mass is 956 g/mol. The van der Waals surface area contributed by atoms with E-state index in [0.29, 0.717) is 67.2 Å². The molecule has 2 amide bonds. The van der Waals surface area contributed by atoms with Crippen LogP contribution < -0.4 is 20.1 Å². The Morgan fingerprint density at radius 2 is 0.729 bits per heavy atom. The van der Waals surface area contributed by atoms with Crippen molar-refractivity contribution in [1.82, 2.24) is 10.6 Å². The van der Waals surface area contributed by atoms with Crippen LogP contribution in [-0.2, 0) is 74.6 Å². The third kappa shape index (κ3) is 13.5. The summed E-state index contributed by atoms with van der Waals surface area (Å²) in [6, 6.07) is 14.4. The molecule has 0 aromatic heterocycles. The highest BCUT2D eigenvalue weighted by Gasteiger charge is 2.31. The van der Waals surface area contributed by atoms with Crippen molar-refractivity contribution in [2.24, 2.45) is 0 Å². The van der Waals surface area contributed by atoms with Crippen LogP contribution in [-0.4, -0.2) is 114 Å². The average Bonchev–Trinajstić information content (AvgIpc) is 3.30. The topological polar surface area (TPSA) is 182 Å². The smallest absolute Gasteiger partial charge is 0.251 e. The molecule has 12 bridgehead atoms. The number of carbonyl (C=O) groups excluding carboxylic acids is 6. The lowest BCUT2D eigenvalue weighted by Gasteiger charge is -2.27. The van der Waals surface area contributed by atoms with Crippen LogP contribution in [0.2, 0.25) is 0 Å². The van der Waals surface area contributed by atoms with Crippen molar-refractivity contribution in [3.63, 3.8) is 0 Å². The summed E-state index contributed by atoms with van der Waals surface area (Å²) in [4.78, 5) is 82.3. The van der Waals surface area contributed by atoms with Crippen LogP contribution in [0.25, 0.3) is 0 Å². The predicted octanol–water partition coefficient (Wildman–Crippen LogP) is 6.17. The minimum absolute atomic E-state index is 0.0637. The second kappa shape index (κ2) is 23.1. The molecule has 0 fully saturated rings. The summed E-state index contributed by atoms with van der Waals surface area (Å²) in [5.41, 5.74) is 5.58. The second-order valence-electron chi connectivity index (χ2n) is 19.8. The highest BCUT2D eigenvalue weighted by molar-refractivity contribution is 6.21. The van der Waals surface area contributed by atoms with Crippen molar-refractivity contribution < 1.29 is 57.2 Å². The van der Waals surface area contributed by atoms with Gasteiger partial charge in [-0.3, -0.25) is 28.8 Å². The molecule has 14 nitrogen and oxygen atoms in total. The van der Waals surface area contributed by atoms with E-state index in [4.69, 9.17) is 28.4 Å². The number of benzene rings is 3. The standard InChI is InChI=1S/C56H64N2O12/c1-55(2,3)45-27-41-23-37-31-47(59)33-39(49(37)61)25-43-29-46(56(4,5)6)30-44-26-40-34-48(60)32-38(50(40)62)24-42(28-45)51(41)69-20-18-67-16-14-65-12-10-57-53(63)35-8-7-9-36(22-35)54(64)58-11-13-66-15-17-68-19-21-70-52(43)44/h7-9,22,27-34H,10-21,23-26H2,1-6H3,(H,57,63)(H,58,64). The first kappa shape index (κ1) is 51.5. The van der Waals surface area contributed by atoms with Gasteiger partial charge in [0.05, 0.1) is 52.9 Å². The van der Waals surface area contributed by atoms with Crippen molar-refractivity contribution in [3.05, 3.63) is 140 Å². The SMILES string of the molecule is CC(C)(C)c1cc2c3c(c1)CC1=CC(=O)C=C(Cc4cc(C(C)(C)C)cc(c4OCCOCCOCCNC(=O)c4cccc(c4)C(=O)NCCOCCOCCO3)CC3=CC(=O)C=C(C2)C3=O)C1=O. The maximum Gasteiger partial charge on any atom is 0.251 e. The molecular weight excluding hydrogens is 893 g/mol. The lowest BCUT2D eigenvalue weighted by Crippen LogP contribution is -2.29. The van der Waals surface area contributed by atoms with E-state index < -0.39 is 0 Å². The molecule has 0 saturated heterocycles.